The van der Waals surface area contributed by atoms with Gasteiger partial charge in [0.05, 0.1) is 12.1 Å². The lowest BCUT2D eigenvalue weighted by molar-refractivity contribution is -0.172. The topological polar surface area (TPSA) is 104 Å². The van der Waals surface area contributed by atoms with Crippen LogP contribution in [0.4, 0.5) is 0 Å². The maximum atomic E-state index is 16.0. The number of amides is 2. The number of hydrogen-bond acceptors (Lipinski definition) is 4. The van der Waals surface area contributed by atoms with Gasteiger partial charge in [-0.05, 0) is 59.1 Å². The van der Waals surface area contributed by atoms with Gasteiger partial charge in [-0.1, -0.05) is 188 Å². The molecule has 0 heterocycles. The molecule has 6 aromatic carbocycles. The summed E-state index contributed by atoms with van der Waals surface area (Å²) in [5.74, 6) is -1.20. The highest BCUT2D eigenvalue weighted by Gasteiger charge is 2.59. The zero-order valence-corrected chi connectivity index (χ0v) is 30.2. The third kappa shape index (κ3) is 6.75. The number of primary amides is 1. The summed E-state index contributed by atoms with van der Waals surface area (Å²) in [5.41, 5.74) is 5.05. The molecule has 0 aliphatic heterocycles. The lowest BCUT2D eigenvalue weighted by atomic mass is 9.65. The number of carbonyl (C=O) groups is 2. The Bertz CT molecular complexity index is 1910. The van der Waals surface area contributed by atoms with E-state index in [1.54, 1.807) is 4.90 Å². The standard InChI is InChI=1S/C48H46N2O4/c49-44(51)46(32-19-33-46)45(52)50(42(34-36-20-7-1-8-21-36)47(53,38-24-11-3-12-25-38)39-26-13-4-14-27-39)43(35-37-22-9-2-10-23-37)48(54,40-28-15-5-16-29-40)41-30-17-6-18-31-41/h1-18,20-31,42-43,53-54H,19,32-35H2,(H2,49,51)/t42-,43-/m1/s1. The first kappa shape index (κ1) is 36.5. The van der Waals surface area contributed by atoms with Crippen LogP contribution in [0.2, 0.25) is 0 Å². The summed E-state index contributed by atoms with van der Waals surface area (Å²) in [5, 5.41) is 27.6. The molecule has 0 saturated heterocycles. The van der Waals surface area contributed by atoms with Gasteiger partial charge < -0.3 is 20.8 Å². The zero-order chi connectivity index (χ0) is 37.6. The van der Waals surface area contributed by atoms with E-state index in [-0.39, 0.29) is 25.7 Å². The Morgan fingerprint density at radius 2 is 0.796 bits per heavy atom. The fourth-order valence-corrected chi connectivity index (χ4v) is 8.28. The molecule has 7 rings (SSSR count). The number of rotatable bonds is 14. The molecule has 1 aliphatic carbocycles. The Balaban J connectivity index is 1.60. The first-order chi connectivity index (χ1) is 26.3. The Kier molecular flexibility index (Phi) is 10.6. The van der Waals surface area contributed by atoms with Gasteiger partial charge in [-0.25, -0.2) is 0 Å². The van der Waals surface area contributed by atoms with Gasteiger partial charge in [-0.3, -0.25) is 9.59 Å². The highest BCUT2D eigenvalue weighted by molar-refractivity contribution is 6.05. The Hall–Kier alpha value is -5.82. The second-order valence-corrected chi connectivity index (χ2v) is 14.4. The molecule has 6 aromatic rings. The van der Waals surface area contributed by atoms with Crippen LogP contribution >= 0.6 is 0 Å². The quantitative estimate of drug-likeness (QED) is 0.101. The number of carbonyl (C=O) groups excluding carboxylic acids is 2. The van der Waals surface area contributed by atoms with Crippen LogP contribution in [-0.4, -0.2) is 39.0 Å². The zero-order valence-electron chi connectivity index (χ0n) is 30.2. The Morgan fingerprint density at radius 3 is 1.04 bits per heavy atom. The van der Waals surface area contributed by atoms with Gasteiger partial charge >= 0.3 is 0 Å². The molecule has 272 valence electrons. The third-order valence-corrected chi connectivity index (χ3v) is 11.4. The summed E-state index contributed by atoms with van der Waals surface area (Å²) in [6.45, 7) is 0. The molecule has 4 N–H and O–H groups in total. The SMILES string of the molecule is NC(=O)C1(C(=O)N([C@H](Cc2ccccc2)C(O)(c2ccccc2)c2ccccc2)[C@H](Cc2ccccc2)C(O)(c2ccccc2)c2ccccc2)CCC1. The van der Waals surface area contributed by atoms with Crippen LogP contribution < -0.4 is 5.73 Å². The van der Waals surface area contributed by atoms with Crippen LogP contribution in [-0.2, 0) is 33.6 Å². The van der Waals surface area contributed by atoms with E-state index in [9.17, 15) is 15.0 Å². The minimum absolute atomic E-state index is 0.187. The van der Waals surface area contributed by atoms with Crippen molar-refractivity contribution in [3.8, 4) is 0 Å². The molecule has 0 spiro atoms. The van der Waals surface area contributed by atoms with Crippen molar-refractivity contribution in [3.63, 3.8) is 0 Å². The number of benzene rings is 6. The van der Waals surface area contributed by atoms with E-state index < -0.39 is 40.5 Å². The van der Waals surface area contributed by atoms with Crippen LogP contribution in [0.1, 0.15) is 52.6 Å². The summed E-state index contributed by atoms with van der Waals surface area (Å²) in [7, 11) is 0. The number of nitrogens with two attached hydrogens (primary N) is 1. The molecular weight excluding hydrogens is 669 g/mol. The summed E-state index contributed by atoms with van der Waals surface area (Å²) >= 11 is 0. The minimum Gasteiger partial charge on any atom is -0.378 e. The van der Waals surface area contributed by atoms with E-state index in [4.69, 9.17) is 5.73 Å². The van der Waals surface area contributed by atoms with Gasteiger partial charge in [-0.15, -0.1) is 0 Å². The largest absolute Gasteiger partial charge is 0.378 e. The third-order valence-electron chi connectivity index (χ3n) is 11.4. The molecule has 1 saturated carbocycles. The molecule has 0 radical (unpaired) electrons. The average Bonchev–Trinajstić information content (AvgIpc) is 3.21. The van der Waals surface area contributed by atoms with E-state index in [0.29, 0.717) is 28.7 Å². The van der Waals surface area contributed by atoms with E-state index >= 15 is 4.79 Å². The number of nitrogens with zero attached hydrogens (tertiary/aromatic N) is 1. The first-order valence-corrected chi connectivity index (χ1v) is 18.7. The van der Waals surface area contributed by atoms with Gasteiger partial charge in [0.1, 0.15) is 16.6 Å². The Morgan fingerprint density at radius 1 is 0.519 bits per heavy atom. The van der Waals surface area contributed by atoms with Crippen LogP contribution in [0.25, 0.3) is 0 Å². The lowest BCUT2D eigenvalue weighted by Crippen LogP contribution is -2.68. The maximum absolute atomic E-state index is 16.0. The molecule has 54 heavy (non-hydrogen) atoms. The van der Waals surface area contributed by atoms with Gasteiger partial charge in [-0.2, -0.15) is 0 Å². The van der Waals surface area contributed by atoms with Crippen molar-refractivity contribution in [3.05, 3.63) is 215 Å². The van der Waals surface area contributed by atoms with Crippen molar-refractivity contribution in [2.24, 2.45) is 11.1 Å². The predicted octanol–water partition coefficient (Wildman–Crippen LogP) is 7.57. The molecule has 6 nitrogen and oxygen atoms in total. The minimum atomic E-state index is -1.83. The fraction of sp³-hybridized carbons (Fsp3) is 0.208. The predicted molar refractivity (Wildman–Crippen MR) is 212 cm³/mol. The Labute approximate surface area is 317 Å². The van der Waals surface area contributed by atoms with E-state index in [2.05, 4.69) is 0 Å². The molecule has 0 bridgehead atoms. The highest BCUT2D eigenvalue weighted by Crippen LogP contribution is 2.49. The summed E-state index contributed by atoms with van der Waals surface area (Å²) in [6.07, 6.45) is 1.58. The molecule has 1 fully saturated rings. The fourth-order valence-electron chi connectivity index (χ4n) is 8.28. The summed E-state index contributed by atoms with van der Waals surface area (Å²) < 4.78 is 0. The van der Waals surface area contributed by atoms with Crippen LogP contribution in [0, 0.1) is 5.41 Å². The lowest BCUT2D eigenvalue weighted by Gasteiger charge is -2.54. The number of aliphatic hydroxyl groups is 2. The average molecular weight is 715 g/mol. The van der Waals surface area contributed by atoms with E-state index in [0.717, 1.165) is 11.1 Å². The first-order valence-electron chi connectivity index (χ1n) is 18.7. The monoisotopic (exact) mass is 714 g/mol. The highest BCUT2D eigenvalue weighted by atomic mass is 16.3. The molecule has 1 aliphatic rings. The number of hydrogen-bond donors (Lipinski definition) is 3. The van der Waals surface area contributed by atoms with Crippen molar-refractivity contribution < 1.29 is 19.8 Å². The summed E-state index contributed by atoms with van der Waals surface area (Å²) in [6, 6.07) is 54.9. The van der Waals surface area contributed by atoms with E-state index in [1.165, 1.54) is 0 Å². The summed E-state index contributed by atoms with van der Waals surface area (Å²) in [4.78, 5) is 31.3. The maximum Gasteiger partial charge on any atom is 0.239 e. The molecular formula is C48H46N2O4. The van der Waals surface area contributed by atoms with Crippen LogP contribution in [0.3, 0.4) is 0 Å². The normalized spacial score (nSPS) is 15.0. The smallest absolute Gasteiger partial charge is 0.239 e. The van der Waals surface area contributed by atoms with Crippen molar-refractivity contribution in [1.82, 2.24) is 4.90 Å². The van der Waals surface area contributed by atoms with E-state index in [1.807, 2.05) is 182 Å². The molecule has 2 amide bonds. The van der Waals surface area contributed by atoms with Crippen LogP contribution in [0.15, 0.2) is 182 Å². The van der Waals surface area contributed by atoms with Gasteiger partial charge in [0.15, 0.2) is 0 Å². The molecule has 2 atom stereocenters. The van der Waals surface area contributed by atoms with Gasteiger partial charge in [0.2, 0.25) is 11.8 Å². The van der Waals surface area contributed by atoms with Crippen molar-refractivity contribution in [1.29, 1.82) is 0 Å². The van der Waals surface area contributed by atoms with Crippen molar-refractivity contribution in [2.75, 3.05) is 0 Å². The second kappa shape index (κ2) is 15.7. The van der Waals surface area contributed by atoms with Crippen molar-refractivity contribution >= 4 is 11.8 Å². The molecule has 0 unspecified atom stereocenters. The van der Waals surface area contributed by atoms with Gasteiger partial charge in [0, 0.05) is 0 Å². The molecule has 0 aromatic heterocycles. The second-order valence-electron chi connectivity index (χ2n) is 14.4. The van der Waals surface area contributed by atoms with Gasteiger partial charge in [0.25, 0.3) is 0 Å². The molecule has 6 heteroatoms. The van der Waals surface area contributed by atoms with Crippen LogP contribution in [0.5, 0.6) is 0 Å². The van der Waals surface area contributed by atoms with Crippen molar-refractivity contribution in [2.45, 2.75) is 55.4 Å².